The summed E-state index contributed by atoms with van der Waals surface area (Å²) in [7, 11) is 1.99. The number of hydrogen-bond donors (Lipinski definition) is 0. The van der Waals surface area contributed by atoms with E-state index in [1.165, 1.54) is 24.1 Å². The molecule has 25 heavy (non-hydrogen) atoms. The normalized spacial score (nSPS) is 14.8. The Kier molecular flexibility index (Phi) is 4.00. The molecule has 3 heterocycles. The molecule has 0 spiro atoms. The summed E-state index contributed by atoms with van der Waals surface area (Å²) in [5.41, 5.74) is 4.45. The minimum Gasteiger partial charge on any atom is -0.290 e. The van der Waals surface area contributed by atoms with Crippen molar-refractivity contribution in [2.24, 2.45) is 7.05 Å². The number of rotatable bonds is 5. The van der Waals surface area contributed by atoms with E-state index in [-0.39, 0.29) is 5.56 Å². The Bertz CT molecular complexity index is 995. The number of fused-ring (bicyclic) bond motifs is 1. The first-order valence-electron chi connectivity index (χ1n) is 8.64. The van der Waals surface area contributed by atoms with E-state index in [2.05, 4.69) is 23.8 Å². The highest BCUT2D eigenvalue weighted by molar-refractivity contribution is 7.16. The lowest BCUT2D eigenvalue weighted by molar-refractivity contribution is 0.242. The van der Waals surface area contributed by atoms with E-state index in [0.29, 0.717) is 12.6 Å². The van der Waals surface area contributed by atoms with Gasteiger partial charge in [0.05, 0.1) is 11.4 Å². The molecule has 0 aromatic carbocycles. The smallest absolute Gasteiger partial charge is 0.258 e. The maximum Gasteiger partial charge on any atom is 0.258 e. The third-order valence-electron chi connectivity index (χ3n) is 4.98. The second-order valence-electron chi connectivity index (χ2n) is 6.99. The third-order valence-corrected chi connectivity index (χ3v) is 5.88. The molecule has 1 saturated carbocycles. The van der Waals surface area contributed by atoms with Crippen LogP contribution in [0.25, 0.3) is 4.96 Å². The largest absolute Gasteiger partial charge is 0.290 e. The Morgan fingerprint density at radius 3 is 2.68 bits per heavy atom. The van der Waals surface area contributed by atoms with Crippen LogP contribution in [0.3, 0.4) is 0 Å². The third kappa shape index (κ3) is 3.14. The van der Waals surface area contributed by atoms with Gasteiger partial charge in [0.1, 0.15) is 0 Å². The molecule has 0 aliphatic heterocycles. The van der Waals surface area contributed by atoms with Crippen molar-refractivity contribution in [2.45, 2.75) is 52.7 Å². The van der Waals surface area contributed by atoms with Gasteiger partial charge in [0.25, 0.3) is 5.56 Å². The predicted molar refractivity (Wildman–Crippen MR) is 99.0 cm³/mol. The predicted octanol–water partition coefficient (Wildman–Crippen LogP) is 2.58. The van der Waals surface area contributed by atoms with Crippen LogP contribution in [0.15, 0.2) is 17.1 Å². The number of aryl methyl sites for hydroxylation is 3. The monoisotopic (exact) mass is 357 g/mol. The Hall–Kier alpha value is -1.99. The second kappa shape index (κ2) is 6.07. The average Bonchev–Trinajstić information content (AvgIpc) is 3.27. The van der Waals surface area contributed by atoms with E-state index in [9.17, 15) is 4.79 Å². The van der Waals surface area contributed by atoms with Crippen molar-refractivity contribution in [3.63, 3.8) is 0 Å². The molecule has 1 fully saturated rings. The van der Waals surface area contributed by atoms with E-state index < -0.39 is 0 Å². The molecule has 1 aliphatic rings. The standard InChI is InChI=1S/C18H23N5OS/c1-11-8-23-17(24)7-14(19-18(23)25-11)9-22(15-5-6-15)10-16-12(2)20-21(4)13(16)3/h7-8,15H,5-6,9-10H2,1-4H3. The quantitative estimate of drug-likeness (QED) is 0.704. The topological polar surface area (TPSA) is 55.4 Å². The molecule has 0 saturated heterocycles. The summed E-state index contributed by atoms with van der Waals surface area (Å²) in [4.78, 5) is 21.4. The summed E-state index contributed by atoms with van der Waals surface area (Å²) >= 11 is 1.56. The minimum absolute atomic E-state index is 0.00818. The molecule has 0 atom stereocenters. The Morgan fingerprint density at radius 2 is 2.04 bits per heavy atom. The maximum atomic E-state index is 12.3. The zero-order chi connectivity index (χ0) is 17.7. The van der Waals surface area contributed by atoms with Gasteiger partial charge in [-0.25, -0.2) is 4.98 Å². The summed E-state index contributed by atoms with van der Waals surface area (Å²) in [6.07, 6.45) is 4.30. The molecule has 0 radical (unpaired) electrons. The molecule has 1 aliphatic carbocycles. The van der Waals surface area contributed by atoms with Gasteiger partial charge in [0, 0.05) is 54.6 Å². The molecule has 0 N–H and O–H groups in total. The molecule has 4 rings (SSSR count). The van der Waals surface area contributed by atoms with Crippen LogP contribution in [-0.2, 0) is 20.1 Å². The molecule has 0 amide bonds. The molecule has 3 aromatic rings. The average molecular weight is 357 g/mol. The Balaban J connectivity index is 1.63. The van der Waals surface area contributed by atoms with Gasteiger partial charge in [-0.05, 0) is 33.6 Å². The van der Waals surface area contributed by atoms with Crippen molar-refractivity contribution >= 4 is 16.3 Å². The molecular formula is C18H23N5OS. The molecule has 0 bridgehead atoms. The van der Waals surface area contributed by atoms with Crippen molar-refractivity contribution < 1.29 is 0 Å². The highest BCUT2D eigenvalue weighted by Crippen LogP contribution is 2.30. The van der Waals surface area contributed by atoms with E-state index in [1.54, 1.807) is 21.8 Å². The van der Waals surface area contributed by atoms with Crippen molar-refractivity contribution in [1.29, 1.82) is 0 Å². The van der Waals surface area contributed by atoms with Crippen LogP contribution in [0.1, 0.15) is 40.4 Å². The van der Waals surface area contributed by atoms with Crippen molar-refractivity contribution in [2.75, 3.05) is 0 Å². The van der Waals surface area contributed by atoms with Crippen LogP contribution in [0, 0.1) is 20.8 Å². The number of aromatic nitrogens is 4. The highest BCUT2D eigenvalue weighted by atomic mass is 32.1. The van der Waals surface area contributed by atoms with E-state index in [4.69, 9.17) is 4.98 Å². The van der Waals surface area contributed by atoms with Gasteiger partial charge in [0.2, 0.25) is 0 Å². The van der Waals surface area contributed by atoms with Gasteiger partial charge in [-0.3, -0.25) is 18.8 Å². The first-order valence-corrected chi connectivity index (χ1v) is 9.46. The van der Waals surface area contributed by atoms with E-state index >= 15 is 0 Å². The number of nitrogens with zero attached hydrogens (tertiary/aromatic N) is 5. The number of thiazole rings is 1. The maximum absolute atomic E-state index is 12.3. The summed E-state index contributed by atoms with van der Waals surface area (Å²) in [6.45, 7) is 7.76. The minimum atomic E-state index is 0.00818. The van der Waals surface area contributed by atoms with E-state index in [1.807, 2.05) is 24.9 Å². The van der Waals surface area contributed by atoms with Gasteiger partial charge in [-0.2, -0.15) is 5.10 Å². The Morgan fingerprint density at radius 1 is 1.28 bits per heavy atom. The first kappa shape index (κ1) is 16.5. The van der Waals surface area contributed by atoms with Crippen LogP contribution in [0.4, 0.5) is 0 Å². The fourth-order valence-corrected chi connectivity index (χ4v) is 4.20. The number of hydrogen-bond acceptors (Lipinski definition) is 5. The highest BCUT2D eigenvalue weighted by Gasteiger charge is 2.30. The van der Waals surface area contributed by atoms with Gasteiger partial charge in [-0.15, -0.1) is 11.3 Å². The van der Waals surface area contributed by atoms with Crippen LogP contribution in [0.2, 0.25) is 0 Å². The molecule has 132 valence electrons. The lowest BCUT2D eigenvalue weighted by Gasteiger charge is -2.21. The van der Waals surface area contributed by atoms with Crippen LogP contribution in [0.5, 0.6) is 0 Å². The zero-order valence-corrected chi connectivity index (χ0v) is 15.9. The fourth-order valence-electron chi connectivity index (χ4n) is 3.35. The molecule has 6 nitrogen and oxygen atoms in total. The van der Waals surface area contributed by atoms with Gasteiger partial charge in [-0.1, -0.05) is 0 Å². The van der Waals surface area contributed by atoms with Crippen LogP contribution in [-0.4, -0.2) is 30.1 Å². The van der Waals surface area contributed by atoms with Gasteiger partial charge >= 0.3 is 0 Å². The van der Waals surface area contributed by atoms with Crippen molar-refractivity contribution in [3.05, 3.63) is 50.1 Å². The van der Waals surface area contributed by atoms with Crippen LogP contribution >= 0.6 is 11.3 Å². The van der Waals surface area contributed by atoms with Gasteiger partial charge < -0.3 is 0 Å². The summed E-state index contributed by atoms with van der Waals surface area (Å²) in [5.74, 6) is 0. The van der Waals surface area contributed by atoms with E-state index in [0.717, 1.165) is 27.8 Å². The van der Waals surface area contributed by atoms with Crippen molar-refractivity contribution in [1.82, 2.24) is 24.1 Å². The second-order valence-corrected chi connectivity index (χ2v) is 8.20. The molecule has 0 unspecified atom stereocenters. The summed E-state index contributed by atoms with van der Waals surface area (Å²) in [5, 5.41) is 4.53. The fraction of sp³-hybridized carbons (Fsp3) is 0.500. The molecular weight excluding hydrogens is 334 g/mol. The van der Waals surface area contributed by atoms with Crippen LogP contribution < -0.4 is 5.56 Å². The molecule has 3 aromatic heterocycles. The van der Waals surface area contributed by atoms with Gasteiger partial charge in [0.15, 0.2) is 4.96 Å². The molecule has 7 heteroatoms. The SMILES string of the molecule is Cc1cn2c(=O)cc(CN(Cc3c(C)nn(C)c3C)C3CC3)nc2s1. The lowest BCUT2D eigenvalue weighted by atomic mass is 10.1. The zero-order valence-electron chi connectivity index (χ0n) is 15.1. The summed E-state index contributed by atoms with van der Waals surface area (Å²) < 4.78 is 3.58. The van der Waals surface area contributed by atoms with Crippen molar-refractivity contribution in [3.8, 4) is 0 Å². The Labute approximate surface area is 150 Å². The lowest BCUT2D eigenvalue weighted by Crippen LogP contribution is -2.27. The first-order chi connectivity index (χ1) is 11.9. The summed E-state index contributed by atoms with van der Waals surface area (Å²) in [6, 6.07) is 2.27.